The zero-order valence-electron chi connectivity index (χ0n) is 10.6. The third kappa shape index (κ3) is 4.20. The third-order valence-electron chi connectivity index (χ3n) is 2.34. The molecule has 0 aromatic heterocycles. The summed E-state index contributed by atoms with van der Waals surface area (Å²) < 4.78 is 29.0. The Hall–Kier alpha value is -1.85. The second kappa shape index (κ2) is 6.78. The minimum Gasteiger partial charge on any atom is -0.434 e. The molecule has 0 radical (unpaired) electrons. The van der Waals surface area contributed by atoms with Crippen LogP contribution in [0, 0.1) is 6.92 Å². The second-order valence-electron chi connectivity index (χ2n) is 3.67. The number of rotatable bonds is 4. The molecular formula is C12H17F2N3O. The number of nitrogens with one attached hydrogen (secondary N) is 2. The monoisotopic (exact) mass is 257 g/mol. The van der Waals surface area contributed by atoms with Crippen molar-refractivity contribution in [3.05, 3.63) is 29.3 Å². The Kier molecular flexibility index (Phi) is 5.35. The predicted molar refractivity (Wildman–Crippen MR) is 67.1 cm³/mol. The van der Waals surface area contributed by atoms with Gasteiger partial charge in [-0.25, -0.2) is 0 Å². The summed E-state index contributed by atoms with van der Waals surface area (Å²) in [7, 11) is 3.35. The predicted octanol–water partition coefficient (Wildman–Crippen LogP) is 1.89. The van der Waals surface area contributed by atoms with Gasteiger partial charge in [-0.15, -0.1) is 0 Å². The van der Waals surface area contributed by atoms with E-state index in [0.717, 1.165) is 5.56 Å². The first-order valence-corrected chi connectivity index (χ1v) is 5.49. The molecule has 0 amide bonds. The maximum atomic E-state index is 12.3. The zero-order valence-corrected chi connectivity index (χ0v) is 10.6. The number of alkyl halides is 2. The first-order valence-electron chi connectivity index (χ1n) is 5.49. The van der Waals surface area contributed by atoms with E-state index in [4.69, 9.17) is 0 Å². The van der Waals surface area contributed by atoms with Crippen molar-refractivity contribution >= 4 is 5.96 Å². The highest BCUT2D eigenvalue weighted by Gasteiger charge is 2.10. The Balaban J connectivity index is 2.82. The van der Waals surface area contributed by atoms with Crippen LogP contribution >= 0.6 is 0 Å². The number of ether oxygens (including phenoxy) is 1. The van der Waals surface area contributed by atoms with Gasteiger partial charge in [-0.1, -0.05) is 17.7 Å². The van der Waals surface area contributed by atoms with Crippen molar-refractivity contribution in [3.8, 4) is 5.75 Å². The first kappa shape index (κ1) is 14.2. The van der Waals surface area contributed by atoms with Crippen LogP contribution in [-0.4, -0.2) is 26.7 Å². The average Bonchev–Trinajstić information content (AvgIpc) is 2.33. The van der Waals surface area contributed by atoms with Gasteiger partial charge in [-0.3, -0.25) is 4.99 Å². The van der Waals surface area contributed by atoms with Gasteiger partial charge in [0.05, 0.1) is 0 Å². The molecule has 1 aromatic carbocycles. The van der Waals surface area contributed by atoms with Crippen LogP contribution in [0.4, 0.5) is 8.78 Å². The molecule has 4 nitrogen and oxygen atoms in total. The maximum absolute atomic E-state index is 12.3. The average molecular weight is 257 g/mol. The quantitative estimate of drug-likeness (QED) is 0.639. The molecule has 0 aliphatic carbocycles. The van der Waals surface area contributed by atoms with E-state index < -0.39 is 6.61 Å². The summed E-state index contributed by atoms with van der Waals surface area (Å²) in [6.45, 7) is -0.574. The molecule has 1 aromatic rings. The fourth-order valence-electron chi connectivity index (χ4n) is 1.52. The van der Waals surface area contributed by atoms with Gasteiger partial charge >= 0.3 is 6.61 Å². The van der Waals surface area contributed by atoms with Crippen LogP contribution in [-0.2, 0) is 6.54 Å². The van der Waals surface area contributed by atoms with Crippen molar-refractivity contribution in [2.24, 2.45) is 4.99 Å². The van der Waals surface area contributed by atoms with Crippen molar-refractivity contribution in [3.63, 3.8) is 0 Å². The lowest BCUT2D eigenvalue weighted by Gasteiger charge is -2.13. The molecule has 0 spiro atoms. The number of aliphatic imine (C=N–C) groups is 1. The highest BCUT2D eigenvalue weighted by atomic mass is 19.3. The van der Waals surface area contributed by atoms with Gasteiger partial charge in [0, 0.05) is 26.2 Å². The summed E-state index contributed by atoms with van der Waals surface area (Å²) in [5.41, 5.74) is 1.64. The molecule has 18 heavy (non-hydrogen) atoms. The molecular weight excluding hydrogens is 240 g/mol. The number of guanidine groups is 1. The Labute approximate surface area is 105 Å². The Morgan fingerprint density at radius 1 is 1.44 bits per heavy atom. The van der Waals surface area contributed by atoms with Gasteiger partial charge in [-0.05, 0) is 13.0 Å². The molecule has 6 heteroatoms. The van der Waals surface area contributed by atoms with Crippen LogP contribution in [0.25, 0.3) is 0 Å². The third-order valence-corrected chi connectivity index (χ3v) is 2.34. The van der Waals surface area contributed by atoms with Crippen LogP contribution in [0.1, 0.15) is 11.1 Å². The molecule has 100 valence electrons. The van der Waals surface area contributed by atoms with Crippen molar-refractivity contribution in [2.45, 2.75) is 20.1 Å². The van der Waals surface area contributed by atoms with Crippen LogP contribution in [0.2, 0.25) is 0 Å². The first-order chi connectivity index (χ1) is 8.56. The fourth-order valence-corrected chi connectivity index (χ4v) is 1.52. The summed E-state index contributed by atoms with van der Waals surface area (Å²) >= 11 is 0. The van der Waals surface area contributed by atoms with Crippen molar-refractivity contribution < 1.29 is 13.5 Å². The van der Waals surface area contributed by atoms with Gasteiger partial charge < -0.3 is 15.4 Å². The molecule has 0 saturated carbocycles. The van der Waals surface area contributed by atoms with E-state index in [9.17, 15) is 8.78 Å². The van der Waals surface area contributed by atoms with Crippen LogP contribution < -0.4 is 15.4 Å². The largest absolute Gasteiger partial charge is 0.434 e. The number of hydrogen-bond donors (Lipinski definition) is 2. The molecule has 0 unspecified atom stereocenters. The SMILES string of the molecule is CN=C(NC)NCc1cc(C)ccc1OC(F)F. The molecule has 0 aliphatic heterocycles. The summed E-state index contributed by atoms with van der Waals surface area (Å²) in [6.07, 6.45) is 0. The molecule has 0 saturated heterocycles. The van der Waals surface area contributed by atoms with E-state index in [1.54, 1.807) is 32.3 Å². The molecule has 0 heterocycles. The van der Waals surface area contributed by atoms with Crippen LogP contribution in [0.15, 0.2) is 23.2 Å². The van der Waals surface area contributed by atoms with E-state index in [-0.39, 0.29) is 5.75 Å². The van der Waals surface area contributed by atoms with Gasteiger partial charge in [0.2, 0.25) is 0 Å². The number of nitrogens with zero attached hydrogens (tertiary/aromatic N) is 1. The fraction of sp³-hybridized carbons (Fsp3) is 0.417. The van der Waals surface area contributed by atoms with E-state index in [0.29, 0.717) is 18.1 Å². The van der Waals surface area contributed by atoms with Crippen LogP contribution in [0.3, 0.4) is 0 Å². The normalized spacial score (nSPS) is 11.6. The van der Waals surface area contributed by atoms with E-state index in [1.165, 1.54) is 0 Å². The lowest BCUT2D eigenvalue weighted by Crippen LogP contribution is -2.34. The number of benzene rings is 1. The van der Waals surface area contributed by atoms with E-state index in [2.05, 4.69) is 20.4 Å². The standard InChI is InChI=1S/C12H17F2N3O/c1-8-4-5-10(18-11(13)14)9(6-8)7-17-12(15-2)16-3/h4-6,11H,7H2,1-3H3,(H2,15,16,17). The van der Waals surface area contributed by atoms with Gasteiger partial charge in [-0.2, -0.15) is 8.78 Å². The highest BCUT2D eigenvalue weighted by molar-refractivity contribution is 5.79. The molecule has 0 bridgehead atoms. The van der Waals surface area contributed by atoms with Crippen molar-refractivity contribution in [1.82, 2.24) is 10.6 Å². The molecule has 1 rings (SSSR count). The van der Waals surface area contributed by atoms with Gasteiger partial charge in [0.25, 0.3) is 0 Å². The minimum absolute atomic E-state index is 0.176. The van der Waals surface area contributed by atoms with E-state index >= 15 is 0 Å². The molecule has 2 N–H and O–H groups in total. The Bertz CT molecular complexity index is 422. The van der Waals surface area contributed by atoms with Crippen molar-refractivity contribution in [1.29, 1.82) is 0 Å². The lowest BCUT2D eigenvalue weighted by molar-refractivity contribution is -0.0504. The van der Waals surface area contributed by atoms with E-state index in [1.807, 2.05) is 6.92 Å². The molecule has 0 atom stereocenters. The number of halogens is 2. The second-order valence-corrected chi connectivity index (χ2v) is 3.67. The van der Waals surface area contributed by atoms with Gasteiger partial charge in [0.15, 0.2) is 5.96 Å². The smallest absolute Gasteiger partial charge is 0.387 e. The minimum atomic E-state index is -2.82. The lowest BCUT2D eigenvalue weighted by atomic mass is 10.1. The Morgan fingerprint density at radius 3 is 2.72 bits per heavy atom. The van der Waals surface area contributed by atoms with Crippen molar-refractivity contribution in [2.75, 3.05) is 14.1 Å². The highest BCUT2D eigenvalue weighted by Crippen LogP contribution is 2.21. The topological polar surface area (TPSA) is 45.7 Å². The number of hydrogen-bond acceptors (Lipinski definition) is 2. The van der Waals surface area contributed by atoms with Crippen LogP contribution in [0.5, 0.6) is 5.75 Å². The number of aryl methyl sites for hydroxylation is 1. The Morgan fingerprint density at radius 2 is 2.17 bits per heavy atom. The zero-order chi connectivity index (χ0) is 13.5. The maximum Gasteiger partial charge on any atom is 0.387 e. The molecule has 0 aliphatic rings. The summed E-state index contributed by atoms with van der Waals surface area (Å²) in [5.74, 6) is 0.758. The molecule has 0 fully saturated rings. The van der Waals surface area contributed by atoms with Gasteiger partial charge in [0.1, 0.15) is 5.75 Å². The summed E-state index contributed by atoms with van der Waals surface area (Å²) in [6, 6.07) is 5.07. The summed E-state index contributed by atoms with van der Waals surface area (Å²) in [5, 5.41) is 5.84. The summed E-state index contributed by atoms with van der Waals surface area (Å²) in [4.78, 5) is 3.94.